The molecule has 7 heteroatoms. The zero-order valence-corrected chi connectivity index (χ0v) is 10.5. The van der Waals surface area contributed by atoms with Crippen molar-refractivity contribution in [3.05, 3.63) is 41.3 Å². The molecule has 0 bridgehead atoms. The van der Waals surface area contributed by atoms with Crippen molar-refractivity contribution >= 4 is 12.1 Å². The van der Waals surface area contributed by atoms with E-state index in [1.807, 2.05) is 0 Å². The minimum absolute atomic E-state index is 0.0504. The number of phenolic OH excluding ortho intramolecular Hbond substituents is 3. The van der Waals surface area contributed by atoms with Crippen LogP contribution in [0.4, 0.5) is 0 Å². The Balaban J connectivity index is 2.07. The average molecular weight is 276 g/mol. The molecule has 0 atom stereocenters. The quantitative estimate of drug-likeness (QED) is 0.385. The first-order valence-electron chi connectivity index (χ1n) is 5.62. The SMILES string of the molecule is Cc1ccc(/C=N/NC(=O)c2cc(O)c(O)c(O)c2)o1. The highest BCUT2D eigenvalue weighted by Gasteiger charge is 2.12. The normalized spacial score (nSPS) is 10.8. The first-order valence-corrected chi connectivity index (χ1v) is 5.62. The van der Waals surface area contributed by atoms with Crippen molar-refractivity contribution in [2.75, 3.05) is 0 Å². The van der Waals surface area contributed by atoms with Crippen molar-refractivity contribution in [2.24, 2.45) is 5.10 Å². The van der Waals surface area contributed by atoms with Crippen LogP contribution in [0.1, 0.15) is 21.9 Å². The Hall–Kier alpha value is -2.96. The van der Waals surface area contributed by atoms with Gasteiger partial charge in [-0.2, -0.15) is 5.10 Å². The summed E-state index contributed by atoms with van der Waals surface area (Å²) in [4.78, 5) is 11.7. The summed E-state index contributed by atoms with van der Waals surface area (Å²) in [6.45, 7) is 1.78. The minimum atomic E-state index is -0.684. The summed E-state index contributed by atoms with van der Waals surface area (Å²) >= 11 is 0. The van der Waals surface area contributed by atoms with Gasteiger partial charge in [-0.05, 0) is 31.2 Å². The van der Waals surface area contributed by atoms with Crippen molar-refractivity contribution in [2.45, 2.75) is 6.92 Å². The Morgan fingerprint density at radius 1 is 1.25 bits per heavy atom. The van der Waals surface area contributed by atoms with Crippen molar-refractivity contribution in [1.29, 1.82) is 0 Å². The van der Waals surface area contributed by atoms with Crippen LogP contribution < -0.4 is 5.43 Å². The smallest absolute Gasteiger partial charge is 0.271 e. The zero-order valence-electron chi connectivity index (χ0n) is 10.5. The molecule has 20 heavy (non-hydrogen) atoms. The Kier molecular flexibility index (Phi) is 3.60. The fourth-order valence-electron chi connectivity index (χ4n) is 1.48. The molecule has 7 nitrogen and oxygen atoms in total. The van der Waals surface area contributed by atoms with Crippen LogP contribution in [0.5, 0.6) is 17.2 Å². The second kappa shape index (κ2) is 5.35. The van der Waals surface area contributed by atoms with Gasteiger partial charge in [-0.1, -0.05) is 0 Å². The number of carbonyl (C=O) groups is 1. The van der Waals surface area contributed by atoms with Crippen molar-refractivity contribution < 1.29 is 24.5 Å². The van der Waals surface area contributed by atoms with E-state index in [4.69, 9.17) is 9.52 Å². The molecule has 1 amide bonds. The molecule has 0 saturated carbocycles. The van der Waals surface area contributed by atoms with E-state index in [-0.39, 0.29) is 5.56 Å². The lowest BCUT2D eigenvalue weighted by Gasteiger charge is -2.04. The number of hydrazone groups is 1. The fraction of sp³-hybridized carbons (Fsp3) is 0.0769. The Morgan fingerprint density at radius 2 is 1.90 bits per heavy atom. The number of phenols is 3. The zero-order chi connectivity index (χ0) is 14.7. The third kappa shape index (κ3) is 2.89. The number of rotatable bonds is 3. The molecule has 0 spiro atoms. The molecular formula is C13H12N2O5. The summed E-state index contributed by atoms with van der Waals surface area (Å²) in [5.74, 6) is -1.35. The van der Waals surface area contributed by atoms with Crippen LogP contribution in [0.15, 0.2) is 33.8 Å². The van der Waals surface area contributed by atoms with Gasteiger partial charge in [0.15, 0.2) is 17.2 Å². The van der Waals surface area contributed by atoms with Gasteiger partial charge >= 0.3 is 0 Å². The molecule has 1 heterocycles. The number of nitrogens with zero attached hydrogens (tertiary/aromatic N) is 1. The molecule has 0 saturated heterocycles. The largest absolute Gasteiger partial charge is 0.504 e. The molecule has 104 valence electrons. The summed E-state index contributed by atoms with van der Waals surface area (Å²) in [5.41, 5.74) is 2.15. The molecule has 0 radical (unpaired) electrons. The lowest BCUT2D eigenvalue weighted by molar-refractivity contribution is 0.0954. The molecule has 2 aromatic rings. The maximum absolute atomic E-state index is 11.7. The maximum Gasteiger partial charge on any atom is 0.271 e. The van der Waals surface area contributed by atoms with E-state index < -0.39 is 23.2 Å². The third-order valence-electron chi connectivity index (χ3n) is 2.45. The van der Waals surface area contributed by atoms with E-state index in [0.717, 1.165) is 12.1 Å². The molecule has 0 fully saturated rings. The monoisotopic (exact) mass is 276 g/mol. The van der Waals surface area contributed by atoms with Crippen LogP contribution in [0.2, 0.25) is 0 Å². The third-order valence-corrected chi connectivity index (χ3v) is 2.45. The van der Waals surface area contributed by atoms with Crippen LogP contribution in [-0.2, 0) is 0 Å². The molecular weight excluding hydrogens is 264 g/mol. The van der Waals surface area contributed by atoms with Crippen molar-refractivity contribution in [1.82, 2.24) is 5.43 Å². The number of aryl methyl sites for hydroxylation is 1. The minimum Gasteiger partial charge on any atom is -0.504 e. The van der Waals surface area contributed by atoms with E-state index >= 15 is 0 Å². The maximum atomic E-state index is 11.7. The molecule has 0 unspecified atom stereocenters. The number of amides is 1. The number of hydrogen-bond donors (Lipinski definition) is 4. The van der Waals surface area contributed by atoms with Crippen LogP contribution in [0, 0.1) is 6.92 Å². The van der Waals surface area contributed by atoms with Gasteiger partial charge in [0.25, 0.3) is 5.91 Å². The Labute approximate surface area is 113 Å². The highest BCUT2D eigenvalue weighted by atomic mass is 16.3. The number of benzene rings is 1. The molecule has 0 aliphatic heterocycles. The fourth-order valence-corrected chi connectivity index (χ4v) is 1.48. The first-order chi connectivity index (χ1) is 9.47. The number of aromatic hydroxyl groups is 3. The van der Waals surface area contributed by atoms with Crippen LogP contribution >= 0.6 is 0 Å². The number of hydrogen-bond acceptors (Lipinski definition) is 6. The van der Waals surface area contributed by atoms with Gasteiger partial charge in [0.2, 0.25) is 0 Å². The standard InChI is InChI=1S/C13H12N2O5/c1-7-2-3-9(20-7)6-14-15-13(19)8-4-10(16)12(18)11(17)5-8/h2-6,16-18H,1H3,(H,15,19)/b14-6+. The van der Waals surface area contributed by atoms with Gasteiger partial charge in [0, 0.05) is 5.56 Å². The summed E-state index contributed by atoms with van der Waals surface area (Å²) in [7, 11) is 0. The van der Waals surface area contributed by atoms with Crippen LogP contribution in [-0.4, -0.2) is 27.4 Å². The van der Waals surface area contributed by atoms with Crippen LogP contribution in [0.25, 0.3) is 0 Å². The van der Waals surface area contributed by atoms with E-state index in [1.54, 1.807) is 19.1 Å². The molecule has 4 N–H and O–H groups in total. The second-order valence-electron chi connectivity index (χ2n) is 4.01. The lowest BCUT2D eigenvalue weighted by atomic mass is 10.2. The Bertz CT molecular complexity index is 652. The van der Waals surface area contributed by atoms with E-state index in [9.17, 15) is 15.0 Å². The highest BCUT2D eigenvalue weighted by molar-refractivity contribution is 5.96. The van der Waals surface area contributed by atoms with E-state index in [0.29, 0.717) is 11.5 Å². The van der Waals surface area contributed by atoms with Gasteiger partial charge in [-0.3, -0.25) is 4.79 Å². The predicted octanol–water partition coefficient (Wildman–Crippen LogP) is 1.47. The molecule has 2 rings (SSSR count). The van der Waals surface area contributed by atoms with E-state index in [1.165, 1.54) is 6.21 Å². The first kappa shape index (κ1) is 13.5. The average Bonchev–Trinajstić information content (AvgIpc) is 2.81. The Morgan fingerprint density at radius 3 is 2.45 bits per heavy atom. The molecule has 0 aliphatic carbocycles. The lowest BCUT2D eigenvalue weighted by Crippen LogP contribution is -2.17. The van der Waals surface area contributed by atoms with Gasteiger partial charge < -0.3 is 19.7 Å². The molecule has 1 aromatic heterocycles. The van der Waals surface area contributed by atoms with Crippen molar-refractivity contribution in [3.63, 3.8) is 0 Å². The summed E-state index contributed by atoms with van der Waals surface area (Å²) in [6, 6.07) is 5.45. The summed E-state index contributed by atoms with van der Waals surface area (Å²) in [6.07, 6.45) is 1.31. The van der Waals surface area contributed by atoms with Gasteiger partial charge in [0.05, 0.1) is 6.21 Å². The molecule has 0 aliphatic rings. The number of nitrogens with one attached hydrogen (secondary N) is 1. The van der Waals surface area contributed by atoms with Gasteiger partial charge in [0.1, 0.15) is 11.5 Å². The highest BCUT2D eigenvalue weighted by Crippen LogP contribution is 2.35. The van der Waals surface area contributed by atoms with Crippen LogP contribution in [0.3, 0.4) is 0 Å². The van der Waals surface area contributed by atoms with E-state index in [2.05, 4.69) is 10.5 Å². The van der Waals surface area contributed by atoms with Gasteiger partial charge in [-0.25, -0.2) is 5.43 Å². The number of furan rings is 1. The van der Waals surface area contributed by atoms with Crippen molar-refractivity contribution in [3.8, 4) is 17.2 Å². The van der Waals surface area contributed by atoms with Gasteiger partial charge in [-0.15, -0.1) is 0 Å². The topological polar surface area (TPSA) is 115 Å². The second-order valence-corrected chi connectivity index (χ2v) is 4.01. The number of carbonyl (C=O) groups excluding carboxylic acids is 1. The molecule has 1 aromatic carbocycles. The summed E-state index contributed by atoms with van der Waals surface area (Å²) in [5, 5.41) is 31.4. The summed E-state index contributed by atoms with van der Waals surface area (Å²) < 4.78 is 5.21. The predicted molar refractivity (Wildman–Crippen MR) is 69.9 cm³/mol.